The summed E-state index contributed by atoms with van der Waals surface area (Å²) in [7, 11) is 1.32. The minimum absolute atomic E-state index is 0.259. The monoisotopic (exact) mass is 458 g/mol. The van der Waals surface area contributed by atoms with Crippen LogP contribution in [-0.2, 0) is 9.53 Å². The van der Waals surface area contributed by atoms with Crippen LogP contribution in [0.5, 0.6) is 0 Å². The normalized spacial score (nSPS) is 19.4. The van der Waals surface area contributed by atoms with Crippen molar-refractivity contribution in [1.82, 2.24) is 15.5 Å². The Morgan fingerprint density at radius 2 is 1.88 bits per heavy atom. The smallest absolute Gasteiger partial charge is 0.338 e. The van der Waals surface area contributed by atoms with Crippen LogP contribution < -0.4 is 15.5 Å². The van der Waals surface area contributed by atoms with Gasteiger partial charge in [0, 0.05) is 49.1 Å². The Bertz CT molecular complexity index is 1040. The molecular weight excluding hydrogens is 435 g/mol. The number of hydrogen-bond donors (Lipinski definition) is 2. The highest BCUT2D eigenvalue weighted by Gasteiger charge is 2.34. The molecule has 0 unspecified atom stereocenters. The van der Waals surface area contributed by atoms with E-state index in [1.54, 1.807) is 30.3 Å². The van der Waals surface area contributed by atoms with E-state index in [0.717, 1.165) is 31.9 Å². The fourth-order valence-electron chi connectivity index (χ4n) is 4.07. The molecule has 9 heteroatoms. The van der Waals surface area contributed by atoms with Gasteiger partial charge in [-0.05, 0) is 42.0 Å². The van der Waals surface area contributed by atoms with Gasteiger partial charge < -0.3 is 20.3 Å². The molecule has 0 aromatic heterocycles. The highest BCUT2D eigenvalue weighted by atomic mass is 35.5. The molecular formula is C23H24ClFN4O3. The van der Waals surface area contributed by atoms with Gasteiger partial charge in [0.1, 0.15) is 5.82 Å². The number of halogens is 2. The van der Waals surface area contributed by atoms with Crippen molar-refractivity contribution in [1.29, 1.82) is 0 Å². The van der Waals surface area contributed by atoms with E-state index in [1.165, 1.54) is 19.2 Å². The van der Waals surface area contributed by atoms with Gasteiger partial charge in [-0.15, -0.1) is 0 Å². The number of benzene rings is 2. The molecule has 2 aromatic carbocycles. The standard InChI is InChI=1S/C23H24ClFN4O3/c1-32-22(30)20-19(26-23(31)27-21(20)15-3-2-4-16(24)13-15)14-28-9-11-29(12-10-28)18-7-5-17(25)6-8-18/h2-8,13,21H,9-12,14H2,1H3,(H2,26,27,31)/t21-/m0/s1. The number of rotatable bonds is 5. The average Bonchev–Trinajstić information content (AvgIpc) is 2.79. The molecule has 2 aromatic rings. The lowest BCUT2D eigenvalue weighted by Gasteiger charge is -2.38. The number of nitrogens with one attached hydrogen (secondary N) is 2. The topological polar surface area (TPSA) is 73.9 Å². The van der Waals surface area contributed by atoms with Gasteiger partial charge in [-0.1, -0.05) is 23.7 Å². The molecule has 168 valence electrons. The van der Waals surface area contributed by atoms with Gasteiger partial charge in [-0.25, -0.2) is 14.0 Å². The number of carbonyl (C=O) groups is 2. The summed E-state index contributed by atoms with van der Waals surface area (Å²) in [5.74, 6) is -0.770. The molecule has 1 atom stereocenters. The number of nitrogens with zero attached hydrogens (tertiary/aromatic N) is 2. The van der Waals surface area contributed by atoms with Crippen LogP contribution >= 0.6 is 11.6 Å². The number of esters is 1. The quantitative estimate of drug-likeness (QED) is 0.674. The van der Waals surface area contributed by atoms with Crippen molar-refractivity contribution in [3.8, 4) is 0 Å². The van der Waals surface area contributed by atoms with Crippen LogP contribution in [0.15, 0.2) is 59.8 Å². The summed E-state index contributed by atoms with van der Waals surface area (Å²) >= 11 is 6.13. The number of urea groups is 1. The van der Waals surface area contributed by atoms with Crippen LogP contribution in [-0.4, -0.2) is 56.7 Å². The van der Waals surface area contributed by atoms with E-state index in [4.69, 9.17) is 16.3 Å². The number of anilines is 1. The van der Waals surface area contributed by atoms with Gasteiger partial charge in [0.05, 0.1) is 18.7 Å². The first-order valence-corrected chi connectivity index (χ1v) is 10.7. The Kier molecular flexibility index (Phi) is 6.62. The van der Waals surface area contributed by atoms with Crippen LogP contribution in [0.2, 0.25) is 5.02 Å². The highest BCUT2D eigenvalue weighted by Crippen LogP contribution is 2.29. The Morgan fingerprint density at radius 3 is 2.53 bits per heavy atom. The predicted octanol–water partition coefficient (Wildman–Crippen LogP) is 3.08. The second-order valence-electron chi connectivity index (χ2n) is 7.71. The lowest BCUT2D eigenvalue weighted by atomic mass is 9.95. The van der Waals surface area contributed by atoms with Crippen LogP contribution in [0.1, 0.15) is 11.6 Å². The SMILES string of the molecule is COC(=O)C1=C(CN2CCN(c3ccc(F)cc3)CC2)NC(=O)N[C@H]1c1cccc(Cl)c1. The second-order valence-corrected chi connectivity index (χ2v) is 8.15. The molecule has 0 saturated carbocycles. The summed E-state index contributed by atoms with van der Waals surface area (Å²) in [5, 5.41) is 6.10. The first-order chi connectivity index (χ1) is 15.4. The summed E-state index contributed by atoms with van der Waals surface area (Å²) in [4.78, 5) is 29.5. The summed E-state index contributed by atoms with van der Waals surface area (Å²) in [6, 6.07) is 12.4. The molecule has 0 aliphatic carbocycles. The molecule has 1 saturated heterocycles. The van der Waals surface area contributed by atoms with Crippen molar-refractivity contribution in [3.63, 3.8) is 0 Å². The maximum atomic E-state index is 13.2. The molecule has 1 fully saturated rings. The van der Waals surface area contributed by atoms with Crippen LogP contribution in [0.25, 0.3) is 0 Å². The summed E-state index contributed by atoms with van der Waals surface area (Å²) in [5.41, 5.74) is 2.54. The lowest BCUT2D eigenvalue weighted by Crippen LogP contribution is -2.51. The molecule has 0 spiro atoms. The number of carbonyl (C=O) groups excluding carboxylic acids is 2. The van der Waals surface area contributed by atoms with E-state index < -0.39 is 12.0 Å². The third-order valence-electron chi connectivity index (χ3n) is 5.69. The van der Waals surface area contributed by atoms with Crippen LogP contribution in [0.3, 0.4) is 0 Å². The highest BCUT2D eigenvalue weighted by molar-refractivity contribution is 6.30. The molecule has 2 aliphatic heterocycles. The maximum absolute atomic E-state index is 13.2. The van der Waals surface area contributed by atoms with Crippen LogP contribution in [0.4, 0.5) is 14.9 Å². The summed E-state index contributed by atoms with van der Waals surface area (Å²) < 4.78 is 18.2. The van der Waals surface area contributed by atoms with Crippen molar-refractivity contribution >= 4 is 29.3 Å². The van der Waals surface area contributed by atoms with E-state index in [9.17, 15) is 14.0 Å². The molecule has 2 amide bonds. The fraction of sp³-hybridized carbons (Fsp3) is 0.304. The Hall–Kier alpha value is -3.10. The van der Waals surface area contributed by atoms with Gasteiger partial charge >= 0.3 is 12.0 Å². The number of ether oxygens (including phenoxy) is 1. The van der Waals surface area contributed by atoms with Crippen molar-refractivity contribution in [2.45, 2.75) is 6.04 Å². The van der Waals surface area contributed by atoms with Gasteiger partial charge in [0.2, 0.25) is 0 Å². The fourth-order valence-corrected chi connectivity index (χ4v) is 4.27. The number of methoxy groups -OCH3 is 1. The molecule has 7 nitrogen and oxygen atoms in total. The third-order valence-corrected chi connectivity index (χ3v) is 5.92. The molecule has 4 rings (SSSR count). The van der Waals surface area contributed by atoms with Gasteiger partial charge in [-0.3, -0.25) is 4.90 Å². The molecule has 0 radical (unpaired) electrons. The zero-order valence-corrected chi connectivity index (χ0v) is 18.4. The largest absolute Gasteiger partial charge is 0.466 e. The Labute approximate surface area is 190 Å². The predicted molar refractivity (Wildman–Crippen MR) is 120 cm³/mol. The number of piperazine rings is 1. The molecule has 0 bridgehead atoms. The minimum Gasteiger partial charge on any atom is -0.466 e. The zero-order chi connectivity index (χ0) is 22.7. The summed E-state index contributed by atoms with van der Waals surface area (Å²) in [6.07, 6.45) is 0. The van der Waals surface area contributed by atoms with Crippen LogP contribution in [0, 0.1) is 5.82 Å². The first kappa shape index (κ1) is 22.1. The van der Waals surface area contributed by atoms with E-state index in [1.807, 2.05) is 6.07 Å². The third kappa shape index (κ3) is 4.87. The lowest BCUT2D eigenvalue weighted by molar-refractivity contribution is -0.136. The van der Waals surface area contributed by atoms with E-state index in [-0.39, 0.29) is 11.8 Å². The molecule has 2 N–H and O–H groups in total. The molecule has 2 heterocycles. The van der Waals surface area contributed by atoms with E-state index in [0.29, 0.717) is 28.4 Å². The second kappa shape index (κ2) is 9.58. The van der Waals surface area contributed by atoms with E-state index >= 15 is 0 Å². The number of amides is 2. The Balaban J connectivity index is 1.54. The minimum atomic E-state index is -0.662. The van der Waals surface area contributed by atoms with Crippen molar-refractivity contribution in [3.05, 3.63) is 76.2 Å². The molecule has 32 heavy (non-hydrogen) atoms. The Morgan fingerprint density at radius 1 is 1.16 bits per heavy atom. The first-order valence-electron chi connectivity index (χ1n) is 10.3. The van der Waals surface area contributed by atoms with Crippen molar-refractivity contribution in [2.24, 2.45) is 0 Å². The van der Waals surface area contributed by atoms with Gasteiger partial charge in [0.25, 0.3) is 0 Å². The summed E-state index contributed by atoms with van der Waals surface area (Å²) in [6.45, 7) is 3.33. The number of hydrogen-bond acceptors (Lipinski definition) is 5. The van der Waals surface area contributed by atoms with Crippen molar-refractivity contribution < 1.29 is 18.7 Å². The van der Waals surface area contributed by atoms with E-state index in [2.05, 4.69) is 20.4 Å². The zero-order valence-electron chi connectivity index (χ0n) is 17.6. The van der Waals surface area contributed by atoms with Crippen molar-refractivity contribution in [2.75, 3.05) is 44.7 Å². The molecule has 2 aliphatic rings. The average molecular weight is 459 g/mol. The van der Waals surface area contributed by atoms with Gasteiger partial charge in [0.15, 0.2) is 0 Å². The maximum Gasteiger partial charge on any atom is 0.338 e. The van der Waals surface area contributed by atoms with Gasteiger partial charge in [-0.2, -0.15) is 0 Å².